The van der Waals surface area contributed by atoms with Gasteiger partial charge in [0.2, 0.25) is 11.7 Å². The predicted octanol–water partition coefficient (Wildman–Crippen LogP) is 4.30. The topological polar surface area (TPSA) is 52.3 Å². The number of carbonyl (C=O) groups is 1. The Bertz CT molecular complexity index is 650. The molecule has 0 unspecified atom stereocenters. The lowest BCUT2D eigenvalue weighted by Crippen LogP contribution is -2.14. The van der Waals surface area contributed by atoms with Crippen molar-refractivity contribution in [3.05, 3.63) is 40.2 Å². The molecule has 112 valence electrons. The Kier molecular flexibility index (Phi) is 4.36. The zero-order valence-electron chi connectivity index (χ0n) is 10.7. The normalized spacial score (nSPS) is 11.5. The maximum atomic E-state index is 12.9. The van der Waals surface area contributed by atoms with Gasteiger partial charge in [0.1, 0.15) is 0 Å². The van der Waals surface area contributed by atoms with Crippen LogP contribution in [0.1, 0.15) is 23.2 Å². The van der Waals surface area contributed by atoms with Gasteiger partial charge >= 0.3 is 12.1 Å². The van der Waals surface area contributed by atoms with Crippen molar-refractivity contribution in [3.63, 3.8) is 0 Å². The monoisotopic (exact) mass is 363 g/mol. The van der Waals surface area contributed by atoms with E-state index >= 15 is 0 Å². The molecule has 0 bridgehead atoms. The Hall–Kier alpha value is -1.83. The van der Waals surface area contributed by atoms with Crippen LogP contribution < -0.4 is 0 Å². The first-order chi connectivity index (χ1) is 9.82. The summed E-state index contributed by atoms with van der Waals surface area (Å²) in [5.41, 5.74) is -1.07. The van der Waals surface area contributed by atoms with E-state index in [1.54, 1.807) is 12.1 Å². The first-order valence-electron chi connectivity index (χ1n) is 5.84. The van der Waals surface area contributed by atoms with E-state index < -0.39 is 23.6 Å². The first kappa shape index (κ1) is 15.6. The van der Waals surface area contributed by atoms with Gasteiger partial charge in [-0.3, -0.25) is 0 Å². The molecule has 0 saturated carbocycles. The zero-order valence-corrected chi connectivity index (χ0v) is 12.3. The second-order valence-corrected chi connectivity index (χ2v) is 4.84. The highest BCUT2D eigenvalue weighted by molar-refractivity contribution is 9.10. The minimum Gasteiger partial charge on any atom is -0.460 e. The number of halogens is 4. The molecule has 4 nitrogen and oxygen atoms in total. The van der Waals surface area contributed by atoms with E-state index in [0.29, 0.717) is 5.56 Å². The van der Waals surface area contributed by atoms with Gasteiger partial charge < -0.3 is 9.15 Å². The molecule has 1 aromatic heterocycles. The van der Waals surface area contributed by atoms with E-state index in [4.69, 9.17) is 4.42 Å². The van der Waals surface area contributed by atoms with E-state index in [-0.39, 0.29) is 12.5 Å². The molecule has 1 aromatic carbocycles. The summed E-state index contributed by atoms with van der Waals surface area (Å²) in [4.78, 5) is 14.9. The van der Waals surface area contributed by atoms with Crippen LogP contribution >= 0.6 is 15.9 Å². The number of esters is 1. The molecular formula is C13H9BrF3NO3. The van der Waals surface area contributed by atoms with E-state index in [0.717, 1.165) is 4.47 Å². The summed E-state index contributed by atoms with van der Waals surface area (Å²) < 4.78 is 49.0. The molecule has 0 radical (unpaired) electrons. The maximum absolute atomic E-state index is 12.9. The van der Waals surface area contributed by atoms with E-state index in [9.17, 15) is 18.0 Å². The zero-order chi connectivity index (χ0) is 15.6. The van der Waals surface area contributed by atoms with Gasteiger partial charge in [-0.25, -0.2) is 9.78 Å². The number of oxazole rings is 1. The highest BCUT2D eigenvalue weighted by atomic mass is 79.9. The summed E-state index contributed by atoms with van der Waals surface area (Å²) in [7, 11) is 0. The summed E-state index contributed by atoms with van der Waals surface area (Å²) in [6.07, 6.45) is -4.81. The number of hydrogen-bond acceptors (Lipinski definition) is 4. The fraction of sp³-hybridized carbons (Fsp3) is 0.231. The Morgan fingerprint density at radius 1 is 1.33 bits per heavy atom. The van der Waals surface area contributed by atoms with Crippen LogP contribution in [-0.2, 0) is 10.9 Å². The van der Waals surface area contributed by atoms with Crippen molar-refractivity contribution >= 4 is 21.9 Å². The van der Waals surface area contributed by atoms with Crippen molar-refractivity contribution in [2.75, 3.05) is 6.61 Å². The lowest BCUT2D eigenvalue weighted by atomic mass is 10.2. The number of benzene rings is 1. The van der Waals surface area contributed by atoms with Crippen molar-refractivity contribution in [2.45, 2.75) is 13.1 Å². The summed E-state index contributed by atoms with van der Waals surface area (Å²) in [6, 6.07) is 6.28. The predicted molar refractivity (Wildman–Crippen MR) is 70.6 cm³/mol. The van der Waals surface area contributed by atoms with Gasteiger partial charge in [-0.2, -0.15) is 13.2 Å². The van der Waals surface area contributed by atoms with Crippen molar-refractivity contribution in [3.8, 4) is 11.5 Å². The summed E-state index contributed by atoms with van der Waals surface area (Å²) >= 11 is 3.21. The maximum Gasteiger partial charge on any atom is 0.437 e. The third-order valence-corrected chi connectivity index (χ3v) is 2.98. The van der Waals surface area contributed by atoms with Gasteiger partial charge in [0.15, 0.2) is 5.69 Å². The molecule has 1 heterocycles. The average molecular weight is 364 g/mol. The molecule has 8 heteroatoms. The number of nitrogens with zero attached hydrogens (tertiary/aromatic N) is 1. The molecule has 0 aliphatic carbocycles. The van der Waals surface area contributed by atoms with Gasteiger partial charge in [0.25, 0.3) is 0 Å². The average Bonchev–Trinajstić information content (AvgIpc) is 2.85. The van der Waals surface area contributed by atoms with Gasteiger partial charge in [0.05, 0.1) is 6.61 Å². The largest absolute Gasteiger partial charge is 0.460 e. The number of alkyl halides is 3. The SMILES string of the molecule is CCOC(=O)c1oc(-c2ccc(Br)cc2)nc1C(F)(F)F. The summed E-state index contributed by atoms with van der Waals surface area (Å²) in [6.45, 7) is 1.42. The summed E-state index contributed by atoms with van der Waals surface area (Å²) in [5, 5.41) is 0. The fourth-order valence-corrected chi connectivity index (χ4v) is 1.83. The van der Waals surface area contributed by atoms with E-state index in [1.165, 1.54) is 19.1 Å². The molecule has 0 spiro atoms. The highest BCUT2D eigenvalue weighted by Gasteiger charge is 2.41. The molecule has 0 atom stereocenters. The quantitative estimate of drug-likeness (QED) is 0.763. The van der Waals surface area contributed by atoms with Gasteiger partial charge in [0, 0.05) is 10.0 Å². The van der Waals surface area contributed by atoms with E-state index in [1.807, 2.05) is 0 Å². The van der Waals surface area contributed by atoms with Crippen molar-refractivity contribution in [1.29, 1.82) is 0 Å². The Labute approximate surface area is 126 Å². The number of ether oxygens (including phenoxy) is 1. The van der Waals surface area contributed by atoms with Gasteiger partial charge in [-0.15, -0.1) is 0 Å². The van der Waals surface area contributed by atoms with Crippen LogP contribution in [0, 0.1) is 0 Å². The molecule has 21 heavy (non-hydrogen) atoms. The van der Waals surface area contributed by atoms with Crippen LogP contribution in [0.2, 0.25) is 0 Å². The van der Waals surface area contributed by atoms with Gasteiger partial charge in [-0.1, -0.05) is 15.9 Å². The highest BCUT2D eigenvalue weighted by Crippen LogP contribution is 2.34. The number of aromatic nitrogens is 1. The second kappa shape index (κ2) is 5.88. The molecule has 0 aliphatic heterocycles. The Morgan fingerprint density at radius 3 is 2.48 bits per heavy atom. The summed E-state index contributed by atoms with van der Waals surface area (Å²) in [5.74, 6) is -2.43. The third-order valence-electron chi connectivity index (χ3n) is 2.45. The van der Waals surface area contributed by atoms with Gasteiger partial charge in [-0.05, 0) is 31.2 Å². The molecule has 0 aliphatic rings. The van der Waals surface area contributed by atoms with Crippen LogP contribution in [0.3, 0.4) is 0 Å². The number of hydrogen-bond donors (Lipinski definition) is 0. The number of rotatable bonds is 3. The molecule has 0 amide bonds. The van der Waals surface area contributed by atoms with Crippen molar-refractivity contribution in [1.82, 2.24) is 4.98 Å². The van der Waals surface area contributed by atoms with E-state index in [2.05, 4.69) is 25.7 Å². The molecular weight excluding hydrogens is 355 g/mol. The fourth-order valence-electron chi connectivity index (χ4n) is 1.56. The van der Waals surface area contributed by atoms with Crippen LogP contribution in [0.5, 0.6) is 0 Å². The third kappa shape index (κ3) is 3.44. The molecule has 2 rings (SSSR count). The molecule has 0 N–H and O–H groups in total. The minimum absolute atomic E-state index is 0.0650. The van der Waals surface area contributed by atoms with Crippen molar-refractivity contribution in [2.24, 2.45) is 0 Å². The van der Waals surface area contributed by atoms with Crippen LogP contribution in [0.15, 0.2) is 33.2 Å². The second-order valence-electron chi connectivity index (χ2n) is 3.92. The van der Waals surface area contributed by atoms with Crippen LogP contribution in [-0.4, -0.2) is 17.6 Å². The lowest BCUT2D eigenvalue weighted by Gasteiger charge is -2.03. The Balaban J connectivity index is 2.50. The minimum atomic E-state index is -4.81. The Morgan fingerprint density at radius 2 is 1.95 bits per heavy atom. The van der Waals surface area contributed by atoms with Crippen molar-refractivity contribution < 1.29 is 27.1 Å². The smallest absolute Gasteiger partial charge is 0.437 e. The van der Waals surface area contributed by atoms with Crippen LogP contribution in [0.4, 0.5) is 13.2 Å². The molecule has 2 aromatic rings. The van der Waals surface area contributed by atoms with Crippen LogP contribution in [0.25, 0.3) is 11.5 Å². The molecule has 0 saturated heterocycles. The first-order valence-corrected chi connectivity index (χ1v) is 6.63. The lowest BCUT2D eigenvalue weighted by molar-refractivity contribution is -0.141. The number of carbonyl (C=O) groups excluding carboxylic acids is 1. The molecule has 0 fully saturated rings. The standard InChI is InChI=1S/C13H9BrF3NO3/c1-2-20-12(19)9-10(13(15,16)17)18-11(21-9)7-3-5-8(14)6-4-7/h3-6H,2H2,1H3.